The van der Waals surface area contributed by atoms with E-state index in [1.807, 2.05) is 13.2 Å². The second-order valence-electron chi connectivity index (χ2n) is 3.87. The maximum Gasteiger partial charge on any atom is 0.255 e. The van der Waals surface area contributed by atoms with Gasteiger partial charge in [0.05, 0.1) is 11.8 Å². The molecule has 1 aromatic heterocycles. The Balaban J connectivity index is 2.05. The van der Waals surface area contributed by atoms with Crippen molar-refractivity contribution in [1.82, 2.24) is 15.1 Å². The number of benzene rings is 1. The summed E-state index contributed by atoms with van der Waals surface area (Å²) < 4.78 is 2.57. The Labute approximate surface area is 118 Å². The van der Waals surface area contributed by atoms with E-state index < -0.39 is 0 Å². The Morgan fingerprint density at radius 3 is 3.00 bits per heavy atom. The van der Waals surface area contributed by atoms with Gasteiger partial charge in [-0.3, -0.25) is 9.48 Å². The van der Waals surface area contributed by atoms with E-state index in [0.29, 0.717) is 6.54 Å². The molecule has 0 aliphatic carbocycles. The number of rotatable bonds is 3. The lowest BCUT2D eigenvalue weighted by molar-refractivity contribution is 0.0948. The summed E-state index contributed by atoms with van der Waals surface area (Å²) >= 11 is 2.09. The van der Waals surface area contributed by atoms with Crippen LogP contribution in [-0.4, -0.2) is 20.8 Å². The molecule has 18 heavy (non-hydrogen) atoms. The van der Waals surface area contributed by atoms with Crippen molar-refractivity contribution in [2.24, 2.45) is 7.05 Å². The minimum absolute atomic E-state index is 0.0147. The number of phenols is 1. The molecular weight excluding hydrogens is 345 g/mol. The molecule has 94 valence electrons. The summed E-state index contributed by atoms with van der Waals surface area (Å²) in [6.07, 6.45) is 3.52. The van der Waals surface area contributed by atoms with Crippen molar-refractivity contribution in [2.45, 2.75) is 6.54 Å². The molecule has 1 heterocycles. The lowest BCUT2D eigenvalue weighted by atomic mass is 10.2. The molecule has 0 saturated heterocycles. The van der Waals surface area contributed by atoms with Crippen molar-refractivity contribution in [3.63, 3.8) is 0 Å². The van der Waals surface area contributed by atoms with Crippen LogP contribution in [-0.2, 0) is 13.6 Å². The van der Waals surface area contributed by atoms with Crippen molar-refractivity contribution < 1.29 is 9.90 Å². The van der Waals surface area contributed by atoms with Gasteiger partial charge in [-0.25, -0.2) is 0 Å². The number of carbonyl (C=O) groups is 1. The molecule has 6 heteroatoms. The van der Waals surface area contributed by atoms with Gasteiger partial charge in [0.15, 0.2) is 0 Å². The molecular formula is C12H12IN3O2. The third kappa shape index (κ3) is 3.00. The van der Waals surface area contributed by atoms with E-state index in [4.69, 9.17) is 0 Å². The minimum atomic E-state index is -0.296. The van der Waals surface area contributed by atoms with E-state index in [1.165, 1.54) is 6.07 Å². The molecule has 0 unspecified atom stereocenters. The zero-order valence-corrected chi connectivity index (χ0v) is 11.9. The van der Waals surface area contributed by atoms with E-state index in [-0.39, 0.29) is 17.2 Å². The summed E-state index contributed by atoms with van der Waals surface area (Å²) in [5.41, 5.74) is 1.20. The highest BCUT2D eigenvalue weighted by atomic mass is 127. The monoisotopic (exact) mass is 357 g/mol. The largest absolute Gasteiger partial charge is 0.507 e. The number of carbonyl (C=O) groups excluding carboxylic acids is 1. The summed E-state index contributed by atoms with van der Waals surface area (Å²) in [7, 11) is 1.82. The zero-order valence-electron chi connectivity index (χ0n) is 9.72. The maximum atomic E-state index is 11.9. The number of phenolic OH excluding ortho intramolecular Hbond substituents is 1. The van der Waals surface area contributed by atoms with Gasteiger partial charge in [-0.1, -0.05) is 0 Å². The highest BCUT2D eigenvalue weighted by molar-refractivity contribution is 14.1. The fourth-order valence-corrected chi connectivity index (χ4v) is 2.02. The first kappa shape index (κ1) is 12.9. The normalized spacial score (nSPS) is 10.3. The van der Waals surface area contributed by atoms with Gasteiger partial charge in [-0.2, -0.15) is 5.10 Å². The predicted molar refractivity (Wildman–Crippen MR) is 75.2 cm³/mol. The van der Waals surface area contributed by atoms with Gasteiger partial charge in [0.1, 0.15) is 5.75 Å². The SMILES string of the molecule is Cn1cc(CNC(=O)c2cc(I)ccc2O)cn1. The molecule has 0 saturated carbocycles. The smallest absolute Gasteiger partial charge is 0.255 e. The average Bonchev–Trinajstić information content (AvgIpc) is 2.75. The average molecular weight is 357 g/mol. The molecule has 2 rings (SSSR count). The first-order valence-corrected chi connectivity index (χ1v) is 6.38. The van der Waals surface area contributed by atoms with Crippen molar-refractivity contribution in [1.29, 1.82) is 0 Å². The van der Waals surface area contributed by atoms with Crippen molar-refractivity contribution in [3.05, 3.63) is 45.3 Å². The Bertz CT molecular complexity index is 580. The molecule has 2 aromatic rings. The third-order valence-corrected chi connectivity index (χ3v) is 3.09. The van der Waals surface area contributed by atoms with E-state index in [1.54, 1.807) is 23.0 Å². The molecule has 0 aliphatic rings. The van der Waals surface area contributed by atoms with Crippen molar-refractivity contribution >= 4 is 28.5 Å². The fourth-order valence-electron chi connectivity index (χ4n) is 1.53. The molecule has 0 bridgehead atoms. The van der Waals surface area contributed by atoms with Crippen LogP contribution >= 0.6 is 22.6 Å². The first-order chi connectivity index (χ1) is 8.56. The van der Waals surface area contributed by atoms with Gasteiger partial charge < -0.3 is 10.4 Å². The van der Waals surface area contributed by atoms with Crippen LogP contribution in [0, 0.1) is 3.57 Å². The number of aryl methyl sites for hydroxylation is 1. The number of nitrogens with zero attached hydrogens (tertiary/aromatic N) is 2. The van der Waals surface area contributed by atoms with Crippen LogP contribution in [0.4, 0.5) is 0 Å². The Hall–Kier alpha value is -1.57. The second-order valence-corrected chi connectivity index (χ2v) is 5.11. The molecule has 1 amide bonds. The molecule has 1 aromatic carbocycles. The minimum Gasteiger partial charge on any atom is -0.507 e. The van der Waals surface area contributed by atoms with Crippen LogP contribution < -0.4 is 5.32 Å². The van der Waals surface area contributed by atoms with Gasteiger partial charge >= 0.3 is 0 Å². The Kier molecular flexibility index (Phi) is 3.85. The number of halogens is 1. The number of amides is 1. The summed E-state index contributed by atoms with van der Waals surface area (Å²) in [5, 5.41) is 16.4. The molecule has 2 N–H and O–H groups in total. The molecule has 0 spiro atoms. The van der Waals surface area contributed by atoms with Gasteiger partial charge in [0.25, 0.3) is 5.91 Å². The highest BCUT2D eigenvalue weighted by Crippen LogP contribution is 2.19. The summed E-state index contributed by atoms with van der Waals surface area (Å²) in [4.78, 5) is 11.9. The molecule has 0 radical (unpaired) electrons. The van der Waals surface area contributed by atoms with Gasteiger partial charge in [0.2, 0.25) is 0 Å². The van der Waals surface area contributed by atoms with Crippen LogP contribution in [0.1, 0.15) is 15.9 Å². The van der Waals surface area contributed by atoms with Gasteiger partial charge in [-0.05, 0) is 40.8 Å². The van der Waals surface area contributed by atoms with E-state index in [0.717, 1.165) is 9.13 Å². The Morgan fingerprint density at radius 2 is 2.33 bits per heavy atom. The number of aromatic hydroxyl groups is 1. The van der Waals surface area contributed by atoms with Crippen molar-refractivity contribution in [3.8, 4) is 5.75 Å². The first-order valence-electron chi connectivity index (χ1n) is 5.30. The third-order valence-electron chi connectivity index (χ3n) is 2.41. The number of aromatic nitrogens is 2. The standard InChI is InChI=1S/C12H12IN3O2/c1-16-7-8(6-15-16)5-14-12(18)10-4-9(13)2-3-11(10)17/h2-4,6-7,17H,5H2,1H3,(H,14,18). The van der Waals surface area contributed by atoms with E-state index in [9.17, 15) is 9.90 Å². The number of hydrogen-bond donors (Lipinski definition) is 2. The second kappa shape index (κ2) is 5.38. The quantitative estimate of drug-likeness (QED) is 0.822. The molecule has 5 nitrogen and oxygen atoms in total. The lowest BCUT2D eigenvalue weighted by Gasteiger charge is -2.06. The lowest BCUT2D eigenvalue weighted by Crippen LogP contribution is -2.22. The molecule has 0 atom stereocenters. The summed E-state index contributed by atoms with van der Waals surface area (Å²) in [5.74, 6) is -0.311. The summed E-state index contributed by atoms with van der Waals surface area (Å²) in [6.45, 7) is 0.386. The highest BCUT2D eigenvalue weighted by Gasteiger charge is 2.11. The van der Waals surface area contributed by atoms with Crippen LogP contribution in [0.15, 0.2) is 30.6 Å². The predicted octanol–water partition coefficient (Wildman–Crippen LogP) is 1.66. The molecule has 0 aliphatic heterocycles. The van der Waals surface area contributed by atoms with Gasteiger partial charge in [0, 0.05) is 28.9 Å². The van der Waals surface area contributed by atoms with Gasteiger partial charge in [-0.15, -0.1) is 0 Å². The molecule has 0 fully saturated rings. The van der Waals surface area contributed by atoms with Crippen LogP contribution in [0.5, 0.6) is 5.75 Å². The number of nitrogens with one attached hydrogen (secondary N) is 1. The fraction of sp³-hybridized carbons (Fsp3) is 0.167. The van der Waals surface area contributed by atoms with Crippen molar-refractivity contribution in [2.75, 3.05) is 0 Å². The topological polar surface area (TPSA) is 67.2 Å². The summed E-state index contributed by atoms with van der Waals surface area (Å²) in [6, 6.07) is 4.91. The number of hydrogen-bond acceptors (Lipinski definition) is 3. The van der Waals surface area contributed by atoms with E-state index >= 15 is 0 Å². The maximum absolute atomic E-state index is 11.9. The van der Waals surface area contributed by atoms with E-state index in [2.05, 4.69) is 33.0 Å². The zero-order chi connectivity index (χ0) is 13.1. The van der Waals surface area contributed by atoms with Crippen LogP contribution in [0.2, 0.25) is 0 Å². The van der Waals surface area contributed by atoms with Crippen LogP contribution in [0.3, 0.4) is 0 Å². The Morgan fingerprint density at radius 1 is 1.56 bits per heavy atom. The van der Waals surface area contributed by atoms with Crippen LogP contribution in [0.25, 0.3) is 0 Å².